The zero-order valence-corrected chi connectivity index (χ0v) is 12.9. The number of aryl methyl sites for hydroxylation is 2. The van der Waals surface area contributed by atoms with Gasteiger partial charge in [0.05, 0.1) is 18.1 Å². The average molecular weight is 289 g/mol. The molecule has 0 unspecified atom stereocenters. The van der Waals surface area contributed by atoms with Crippen LogP contribution in [0.5, 0.6) is 0 Å². The summed E-state index contributed by atoms with van der Waals surface area (Å²) < 4.78 is 2.24. The van der Waals surface area contributed by atoms with Crippen molar-refractivity contribution >= 4 is 17.6 Å². The smallest absolute Gasteiger partial charge is 0.174 e. The Balaban J connectivity index is 1.77. The van der Waals surface area contributed by atoms with Crippen molar-refractivity contribution in [3.63, 3.8) is 0 Å². The van der Waals surface area contributed by atoms with Crippen molar-refractivity contribution in [2.45, 2.75) is 31.4 Å². The number of thioether (sulfide) groups is 1. The van der Waals surface area contributed by atoms with Crippen molar-refractivity contribution in [3.05, 3.63) is 29.8 Å². The summed E-state index contributed by atoms with van der Waals surface area (Å²) in [6.45, 7) is 4.95. The first-order chi connectivity index (χ1) is 9.62. The van der Waals surface area contributed by atoms with Crippen molar-refractivity contribution in [2.75, 3.05) is 18.1 Å². The largest absolute Gasteiger partial charge is 0.367 e. The van der Waals surface area contributed by atoms with Crippen molar-refractivity contribution < 1.29 is 0 Å². The molecule has 0 amide bonds. The highest BCUT2D eigenvalue weighted by Crippen LogP contribution is 2.46. The van der Waals surface area contributed by atoms with E-state index in [2.05, 4.69) is 26.6 Å². The first kappa shape index (κ1) is 13.4. The Bertz CT molecular complexity index is 618. The molecule has 20 heavy (non-hydrogen) atoms. The SMILES string of the molecule is CSC1(CNc2cncc(-n3nc(C)cc3C)n2)CC1. The minimum Gasteiger partial charge on any atom is -0.367 e. The molecule has 1 aliphatic carbocycles. The molecule has 106 valence electrons. The van der Waals surface area contributed by atoms with Crippen molar-refractivity contribution in [1.29, 1.82) is 0 Å². The molecular formula is C14H19N5S. The first-order valence-corrected chi connectivity index (χ1v) is 7.99. The van der Waals surface area contributed by atoms with E-state index in [1.54, 1.807) is 12.4 Å². The minimum absolute atomic E-state index is 0.413. The number of anilines is 1. The van der Waals surface area contributed by atoms with Crippen LogP contribution in [0.25, 0.3) is 5.82 Å². The Labute approximate surface area is 123 Å². The fourth-order valence-corrected chi connectivity index (χ4v) is 2.97. The van der Waals surface area contributed by atoms with Crippen molar-refractivity contribution in [1.82, 2.24) is 19.7 Å². The molecule has 5 nitrogen and oxygen atoms in total. The van der Waals surface area contributed by atoms with Crippen LogP contribution >= 0.6 is 11.8 Å². The maximum atomic E-state index is 4.60. The quantitative estimate of drug-likeness (QED) is 0.917. The third-order valence-corrected chi connectivity index (χ3v) is 5.10. The molecule has 1 N–H and O–H groups in total. The van der Waals surface area contributed by atoms with Gasteiger partial charge in [-0.2, -0.15) is 16.9 Å². The van der Waals surface area contributed by atoms with Gasteiger partial charge in [-0.05, 0) is 39.0 Å². The zero-order valence-electron chi connectivity index (χ0n) is 12.1. The molecule has 0 spiro atoms. The van der Waals surface area contributed by atoms with Crippen LogP contribution in [0.3, 0.4) is 0 Å². The normalized spacial score (nSPS) is 16.1. The Morgan fingerprint density at radius 3 is 2.75 bits per heavy atom. The Kier molecular flexibility index (Phi) is 3.41. The number of aromatic nitrogens is 4. The van der Waals surface area contributed by atoms with E-state index in [1.807, 2.05) is 36.4 Å². The van der Waals surface area contributed by atoms with E-state index in [9.17, 15) is 0 Å². The molecule has 0 aromatic carbocycles. The van der Waals surface area contributed by atoms with Gasteiger partial charge >= 0.3 is 0 Å². The van der Waals surface area contributed by atoms with E-state index in [-0.39, 0.29) is 0 Å². The molecule has 2 aromatic rings. The molecule has 3 rings (SSSR count). The van der Waals surface area contributed by atoms with Crippen molar-refractivity contribution in [2.24, 2.45) is 0 Å². The van der Waals surface area contributed by atoms with Crippen LogP contribution in [-0.2, 0) is 0 Å². The van der Waals surface area contributed by atoms with Gasteiger partial charge in [0.1, 0.15) is 5.82 Å². The van der Waals surface area contributed by atoms with Crippen LogP contribution in [0.15, 0.2) is 18.5 Å². The molecule has 6 heteroatoms. The Morgan fingerprint density at radius 1 is 1.35 bits per heavy atom. The predicted molar refractivity (Wildman–Crippen MR) is 82.6 cm³/mol. The standard InChI is InChI=1S/C14H19N5S/c1-10-6-11(2)19(18-10)13-8-15-7-12(17-13)16-9-14(20-3)4-5-14/h6-8H,4-5,9H2,1-3H3,(H,16,17). The van der Waals surface area contributed by atoms with Gasteiger partial charge < -0.3 is 5.32 Å². The van der Waals surface area contributed by atoms with E-state index in [4.69, 9.17) is 0 Å². The van der Waals surface area contributed by atoms with E-state index in [0.717, 1.165) is 29.6 Å². The molecule has 0 atom stereocenters. The maximum Gasteiger partial charge on any atom is 0.174 e. The number of rotatable bonds is 5. The number of nitrogens with zero attached hydrogens (tertiary/aromatic N) is 4. The van der Waals surface area contributed by atoms with Gasteiger partial charge in [-0.3, -0.25) is 4.98 Å². The van der Waals surface area contributed by atoms with E-state index in [0.29, 0.717) is 4.75 Å². The summed E-state index contributed by atoms with van der Waals surface area (Å²) in [6.07, 6.45) is 8.25. The first-order valence-electron chi connectivity index (χ1n) is 6.77. The summed E-state index contributed by atoms with van der Waals surface area (Å²) in [6, 6.07) is 2.04. The number of hydrogen-bond donors (Lipinski definition) is 1. The average Bonchev–Trinajstić information content (AvgIpc) is 3.16. The van der Waals surface area contributed by atoms with E-state index in [1.165, 1.54) is 12.8 Å². The second kappa shape index (κ2) is 5.09. The zero-order chi connectivity index (χ0) is 14.2. The molecule has 0 aliphatic heterocycles. The molecule has 0 saturated heterocycles. The number of nitrogens with one attached hydrogen (secondary N) is 1. The third-order valence-electron chi connectivity index (χ3n) is 3.68. The van der Waals surface area contributed by atoms with Gasteiger partial charge in [-0.25, -0.2) is 9.67 Å². The monoisotopic (exact) mass is 289 g/mol. The highest BCUT2D eigenvalue weighted by atomic mass is 32.2. The summed E-state index contributed by atoms with van der Waals surface area (Å²) in [5.74, 6) is 1.57. The molecule has 1 fully saturated rings. The van der Waals surface area contributed by atoms with Gasteiger partial charge in [0, 0.05) is 17.0 Å². The molecule has 0 bridgehead atoms. The van der Waals surface area contributed by atoms with Gasteiger partial charge in [0.25, 0.3) is 0 Å². The highest BCUT2D eigenvalue weighted by Gasteiger charge is 2.41. The lowest BCUT2D eigenvalue weighted by Crippen LogP contribution is -2.18. The highest BCUT2D eigenvalue weighted by molar-refractivity contribution is 8.00. The lowest BCUT2D eigenvalue weighted by Gasteiger charge is -2.13. The van der Waals surface area contributed by atoms with Crippen LogP contribution in [0, 0.1) is 13.8 Å². The molecule has 0 radical (unpaired) electrons. The van der Waals surface area contributed by atoms with Crippen LogP contribution in [0.4, 0.5) is 5.82 Å². The van der Waals surface area contributed by atoms with Gasteiger partial charge in [0.15, 0.2) is 5.82 Å². The fraction of sp³-hybridized carbons (Fsp3) is 0.500. The summed E-state index contributed by atoms with van der Waals surface area (Å²) >= 11 is 1.94. The molecule has 1 aliphatic rings. The molecule has 1 saturated carbocycles. The maximum absolute atomic E-state index is 4.60. The minimum atomic E-state index is 0.413. The van der Waals surface area contributed by atoms with Crippen LogP contribution in [0.2, 0.25) is 0 Å². The van der Waals surface area contributed by atoms with Gasteiger partial charge in [0.2, 0.25) is 0 Å². The lowest BCUT2D eigenvalue weighted by molar-refractivity contribution is 0.798. The molecule has 2 aromatic heterocycles. The van der Waals surface area contributed by atoms with E-state index < -0.39 is 0 Å². The fourth-order valence-electron chi connectivity index (χ4n) is 2.25. The summed E-state index contributed by atoms with van der Waals surface area (Å²) in [4.78, 5) is 8.87. The van der Waals surface area contributed by atoms with Crippen LogP contribution in [0.1, 0.15) is 24.2 Å². The van der Waals surface area contributed by atoms with Gasteiger partial charge in [-0.15, -0.1) is 0 Å². The summed E-state index contributed by atoms with van der Waals surface area (Å²) in [5, 5.41) is 7.84. The van der Waals surface area contributed by atoms with Crippen LogP contribution < -0.4 is 5.32 Å². The Morgan fingerprint density at radius 2 is 2.15 bits per heavy atom. The third kappa shape index (κ3) is 2.65. The van der Waals surface area contributed by atoms with Crippen LogP contribution in [-0.4, -0.2) is 37.3 Å². The topological polar surface area (TPSA) is 55.6 Å². The molecular weight excluding hydrogens is 270 g/mol. The second-order valence-electron chi connectivity index (χ2n) is 5.34. The predicted octanol–water partition coefficient (Wildman–Crippen LogP) is 2.59. The summed E-state index contributed by atoms with van der Waals surface area (Å²) in [7, 11) is 0. The van der Waals surface area contributed by atoms with Gasteiger partial charge in [-0.1, -0.05) is 0 Å². The molecule has 2 heterocycles. The number of hydrogen-bond acceptors (Lipinski definition) is 5. The summed E-state index contributed by atoms with van der Waals surface area (Å²) in [5.41, 5.74) is 2.05. The van der Waals surface area contributed by atoms with E-state index >= 15 is 0 Å². The lowest BCUT2D eigenvalue weighted by atomic mass is 10.4. The Hall–Kier alpha value is -1.56. The second-order valence-corrected chi connectivity index (χ2v) is 6.62. The van der Waals surface area contributed by atoms with Crippen molar-refractivity contribution in [3.8, 4) is 5.82 Å².